The monoisotopic (exact) mass is 287 g/mol. The number of carboxylic acids is 1. The zero-order valence-electron chi connectivity index (χ0n) is 12.2. The second kappa shape index (κ2) is 5.83. The van der Waals surface area contributed by atoms with Crippen LogP contribution in [0.3, 0.4) is 0 Å². The number of anilines is 1. The molecular formula is C16H17NO4. The zero-order chi connectivity index (χ0) is 15.6. The summed E-state index contributed by atoms with van der Waals surface area (Å²) in [5.41, 5.74) is 2.74. The van der Waals surface area contributed by atoms with E-state index in [1.165, 1.54) is 6.07 Å². The minimum atomic E-state index is -1.10. The zero-order valence-corrected chi connectivity index (χ0v) is 12.2. The van der Waals surface area contributed by atoms with Crippen molar-refractivity contribution in [2.45, 2.75) is 27.2 Å². The van der Waals surface area contributed by atoms with Crippen LogP contribution in [0.5, 0.6) is 0 Å². The van der Waals surface area contributed by atoms with Crippen molar-refractivity contribution in [2.75, 3.05) is 5.32 Å². The quantitative estimate of drug-likeness (QED) is 0.903. The Labute approximate surface area is 122 Å². The number of benzene rings is 1. The largest absolute Gasteiger partial charge is 0.478 e. The van der Waals surface area contributed by atoms with Gasteiger partial charge < -0.3 is 14.8 Å². The summed E-state index contributed by atoms with van der Waals surface area (Å²) in [7, 11) is 0. The van der Waals surface area contributed by atoms with Crippen molar-refractivity contribution in [3.8, 4) is 0 Å². The molecule has 0 aliphatic carbocycles. The Morgan fingerprint density at radius 1 is 1.29 bits per heavy atom. The van der Waals surface area contributed by atoms with Crippen molar-refractivity contribution in [3.63, 3.8) is 0 Å². The predicted molar refractivity (Wildman–Crippen MR) is 78.9 cm³/mol. The molecule has 21 heavy (non-hydrogen) atoms. The Morgan fingerprint density at radius 2 is 2.00 bits per heavy atom. The van der Waals surface area contributed by atoms with Gasteiger partial charge in [-0.15, -0.1) is 0 Å². The van der Waals surface area contributed by atoms with E-state index in [1.54, 1.807) is 13.0 Å². The summed E-state index contributed by atoms with van der Waals surface area (Å²) in [6.45, 7) is 5.64. The highest BCUT2D eigenvalue weighted by Gasteiger charge is 2.20. The summed E-state index contributed by atoms with van der Waals surface area (Å²) in [5.74, 6) is -1.24. The van der Waals surface area contributed by atoms with Crippen molar-refractivity contribution in [3.05, 3.63) is 52.5 Å². The van der Waals surface area contributed by atoms with Crippen LogP contribution >= 0.6 is 0 Å². The minimum absolute atomic E-state index is 0.00477. The highest BCUT2D eigenvalue weighted by atomic mass is 16.4. The standard InChI is InChI=1S/C16H17NO4/c1-4-13-11(16(19)20)8-14(21-13)15(18)17-12-7-5-6-9(2)10(12)3/h5-8H,4H2,1-3H3,(H,17,18)(H,19,20). The molecule has 0 unspecified atom stereocenters. The number of aromatic carboxylic acids is 1. The third-order valence-electron chi connectivity index (χ3n) is 3.44. The van der Waals surface area contributed by atoms with E-state index in [4.69, 9.17) is 9.52 Å². The third kappa shape index (κ3) is 2.97. The lowest BCUT2D eigenvalue weighted by molar-refractivity contribution is 0.0694. The number of aryl methyl sites for hydroxylation is 2. The first-order valence-corrected chi connectivity index (χ1v) is 6.67. The van der Waals surface area contributed by atoms with E-state index in [1.807, 2.05) is 26.0 Å². The number of hydrogen-bond donors (Lipinski definition) is 2. The molecule has 110 valence electrons. The van der Waals surface area contributed by atoms with Crippen LogP contribution in [0.2, 0.25) is 0 Å². The lowest BCUT2D eigenvalue weighted by Crippen LogP contribution is -2.12. The molecule has 0 saturated carbocycles. The molecule has 1 aromatic carbocycles. The van der Waals surface area contributed by atoms with E-state index in [0.717, 1.165) is 11.1 Å². The van der Waals surface area contributed by atoms with Gasteiger partial charge in [0, 0.05) is 18.2 Å². The number of carboxylic acid groups (broad SMARTS) is 1. The Morgan fingerprint density at radius 3 is 2.57 bits per heavy atom. The molecule has 0 fully saturated rings. The van der Waals surface area contributed by atoms with Crippen LogP contribution in [-0.2, 0) is 6.42 Å². The maximum Gasteiger partial charge on any atom is 0.339 e. The van der Waals surface area contributed by atoms with E-state index in [9.17, 15) is 9.59 Å². The Balaban J connectivity index is 2.29. The lowest BCUT2D eigenvalue weighted by Gasteiger charge is -2.08. The van der Waals surface area contributed by atoms with Gasteiger partial charge in [-0.05, 0) is 31.0 Å². The van der Waals surface area contributed by atoms with Gasteiger partial charge in [-0.25, -0.2) is 4.79 Å². The van der Waals surface area contributed by atoms with Crippen molar-refractivity contribution in [2.24, 2.45) is 0 Å². The first-order valence-electron chi connectivity index (χ1n) is 6.67. The summed E-state index contributed by atoms with van der Waals surface area (Å²) in [6.07, 6.45) is 0.415. The highest BCUT2D eigenvalue weighted by Crippen LogP contribution is 2.21. The molecule has 0 saturated heterocycles. The molecule has 2 aromatic rings. The fourth-order valence-corrected chi connectivity index (χ4v) is 2.05. The molecule has 5 heteroatoms. The summed E-state index contributed by atoms with van der Waals surface area (Å²) in [6, 6.07) is 6.86. The SMILES string of the molecule is CCc1oc(C(=O)Nc2cccc(C)c2C)cc1C(=O)O. The number of hydrogen-bond acceptors (Lipinski definition) is 3. The Hall–Kier alpha value is -2.56. The topological polar surface area (TPSA) is 79.5 Å². The van der Waals surface area contributed by atoms with E-state index >= 15 is 0 Å². The van der Waals surface area contributed by atoms with Crippen LogP contribution in [0.4, 0.5) is 5.69 Å². The molecule has 0 spiro atoms. The molecule has 0 radical (unpaired) electrons. The summed E-state index contributed by atoms with van der Waals surface area (Å²) < 4.78 is 5.34. The van der Waals surface area contributed by atoms with Crippen molar-refractivity contribution in [1.82, 2.24) is 0 Å². The molecule has 0 aliphatic heterocycles. The van der Waals surface area contributed by atoms with E-state index in [0.29, 0.717) is 17.9 Å². The molecule has 5 nitrogen and oxygen atoms in total. The number of carbonyl (C=O) groups is 2. The Kier molecular flexibility index (Phi) is 4.12. The van der Waals surface area contributed by atoms with Gasteiger partial charge in [0.2, 0.25) is 0 Å². The van der Waals surface area contributed by atoms with E-state index in [2.05, 4.69) is 5.32 Å². The predicted octanol–water partition coefficient (Wildman–Crippen LogP) is 3.41. The molecule has 0 aliphatic rings. The first kappa shape index (κ1) is 14.8. The molecule has 2 rings (SSSR count). The van der Waals surface area contributed by atoms with Gasteiger partial charge >= 0.3 is 5.97 Å². The maximum absolute atomic E-state index is 12.2. The van der Waals surface area contributed by atoms with Gasteiger partial charge in [-0.1, -0.05) is 19.1 Å². The molecular weight excluding hydrogens is 270 g/mol. The maximum atomic E-state index is 12.2. The third-order valence-corrected chi connectivity index (χ3v) is 3.44. The van der Waals surface area contributed by atoms with Crippen LogP contribution in [0.25, 0.3) is 0 Å². The number of furan rings is 1. The molecule has 1 amide bonds. The number of amides is 1. The second-order valence-electron chi connectivity index (χ2n) is 4.81. The molecule has 1 heterocycles. The minimum Gasteiger partial charge on any atom is -0.478 e. The first-order chi connectivity index (χ1) is 9.93. The highest BCUT2D eigenvalue weighted by molar-refractivity contribution is 6.04. The van der Waals surface area contributed by atoms with Crippen molar-refractivity contribution < 1.29 is 19.1 Å². The number of carbonyl (C=O) groups excluding carboxylic acids is 1. The second-order valence-corrected chi connectivity index (χ2v) is 4.81. The average molecular weight is 287 g/mol. The fourth-order valence-electron chi connectivity index (χ4n) is 2.05. The van der Waals surface area contributed by atoms with Crippen molar-refractivity contribution >= 4 is 17.6 Å². The Bertz CT molecular complexity index is 700. The summed E-state index contributed by atoms with van der Waals surface area (Å²) in [5, 5.41) is 11.8. The van der Waals surface area contributed by atoms with Gasteiger partial charge in [0.15, 0.2) is 5.76 Å². The van der Waals surface area contributed by atoms with Crippen LogP contribution in [0, 0.1) is 13.8 Å². The number of rotatable bonds is 4. The smallest absolute Gasteiger partial charge is 0.339 e. The molecule has 0 atom stereocenters. The van der Waals surface area contributed by atoms with Gasteiger partial charge in [-0.2, -0.15) is 0 Å². The van der Waals surface area contributed by atoms with Gasteiger partial charge in [0.25, 0.3) is 5.91 Å². The summed E-state index contributed by atoms with van der Waals surface area (Å²) in [4.78, 5) is 23.3. The van der Waals surface area contributed by atoms with Crippen LogP contribution in [0.1, 0.15) is 44.7 Å². The van der Waals surface area contributed by atoms with Gasteiger partial charge in [-0.3, -0.25) is 4.79 Å². The van der Waals surface area contributed by atoms with Gasteiger partial charge in [0.1, 0.15) is 11.3 Å². The average Bonchev–Trinajstić information content (AvgIpc) is 2.88. The molecule has 1 aromatic heterocycles. The van der Waals surface area contributed by atoms with E-state index in [-0.39, 0.29) is 11.3 Å². The normalized spacial score (nSPS) is 10.4. The van der Waals surface area contributed by atoms with Crippen LogP contribution < -0.4 is 5.32 Å². The van der Waals surface area contributed by atoms with Crippen molar-refractivity contribution in [1.29, 1.82) is 0 Å². The summed E-state index contributed by atoms with van der Waals surface area (Å²) >= 11 is 0. The lowest BCUT2D eigenvalue weighted by atomic mass is 10.1. The number of nitrogens with one attached hydrogen (secondary N) is 1. The van der Waals surface area contributed by atoms with Gasteiger partial charge in [0.05, 0.1) is 0 Å². The van der Waals surface area contributed by atoms with Crippen LogP contribution in [0.15, 0.2) is 28.7 Å². The van der Waals surface area contributed by atoms with E-state index < -0.39 is 11.9 Å². The molecule has 2 N–H and O–H groups in total. The fraction of sp³-hybridized carbons (Fsp3) is 0.250. The molecule has 0 bridgehead atoms. The van der Waals surface area contributed by atoms with Crippen LogP contribution in [-0.4, -0.2) is 17.0 Å².